The third kappa shape index (κ3) is 2.97. The predicted octanol–water partition coefficient (Wildman–Crippen LogP) is 1.62. The third-order valence-electron chi connectivity index (χ3n) is 2.84. The Morgan fingerprint density at radius 3 is 3.00 bits per heavy atom. The first-order valence-electron chi connectivity index (χ1n) is 6.11. The molecule has 0 unspecified atom stereocenters. The zero-order valence-corrected chi connectivity index (χ0v) is 10.7. The van der Waals surface area contributed by atoms with Crippen LogP contribution in [0.4, 0.5) is 0 Å². The Balaban J connectivity index is 2.17. The Kier molecular flexibility index (Phi) is 4.12. The second-order valence-electron chi connectivity index (χ2n) is 4.45. The van der Waals surface area contributed by atoms with Crippen molar-refractivity contribution in [2.75, 3.05) is 19.7 Å². The fraction of sp³-hybridized carbons (Fsp3) is 0.357. The van der Waals surface area contributed by atoms with Gasteiger partial charge < -0.3 is 9.51 Å². The van der Waals surface area contributed by atoms with E-state index in [9.17, 15) is 0 Å². The molecule has 4 heteroatoms. The van der Waals surface area contributed by atoms with Crippen molar-refractivity contribution in [2.24, 2.45) is 0 Å². The van der Waals surface area contributed by atoms with Crippen LogP contribution in [0.5, 0.6) is 0 Å². The Labute approximate surface area is 107 Å². The Morgan fingerprint density at radius 1 is 1.44 bits per heavy atom. The number of rotatable bonds is 6. The zero-order chi connectivity index (χ0) is 13.0. The lowest BCUT2D eigenvalue weighted by Crippen LogP contribution is -2.26. The highest BCUT2D eigenvalue weighted by atomic mass is 16.3. The van der Waals surface area contributed by atoms with E-state index >= 15 is 0 Å². The lowest BCUT2D eigenvalue weighted by molar-refractivity contribution is 0.202. The summed E-state index contributed by atoms with van der Waals surface area (Å²) in [7, 11) is 0. The minimum Gasteiger partial charge on any atom is -0.395 e. The number of aryl methyl sites for hydroxylation is 1. The van der Waals surface area contributed by atoms with Gasteiger partial charge >= 0.3 is 0 Å². The van der Waals surface area contributed by atoms with E-state index in [0.29, 0.717) is 6.54 Å². The molecule has 1 N–H and O–H groups in total. The van der Waals surface area contributed by atoms with Gasteiger partial charge in [0.05, 0.1) is 12.3 Å². The molecule has 0 amide bonds. The first-order valence-corrected chi connectivity index (χ1v) is 6.11. The molecule has 0 bridgehead atoms. The lowest BCUT2D eigenvalue weighted by Gasteiger charge is -2.17. The number of hydrogen-bond acceptors (Lipinski definition) is 3. The van der Waals surface area contributed by atoms with Gasteiger partial charge in [-0.05, 0) is 18.6 Å². The first-order chi connectivity index (χ1) is 8.72. The minimum absolute atomic E-state index is 0.153. The molecular weight excluding hydrogens is 226 g/mol. The highest BCUT2D eigenvalue weighted by Crippen LogP contribution is 2.09. The summed E-state index contributed by atoms with van der Waals surface area (Å²) >= 11 is 0. The number of pyridine rings is 1. The van der Waals surface area contributed by atoms with E-state index in [-0.39, 0.29) is 6.61 Å². The molecule has 18 heavy (non-hydrogen) atoms. The van der Waals surface area contributed by atoms with Crippen molar-refractivity contribution in [3.05, 3.63) is 48.4 Å². The average molecular weight is 245 g/mol. The van der Waals surface area contributed by atoms with E-state index in [0.717, 1.165) is 24.4 Å². The number of aliphatic hydroxyl groups is 1. The molecule has 2 aromatic heterocycles. The molecule has 0 aromatic carbocycles. The van der Waals surface area contributed by atoms with Crippen LogP contribution in [-0.2, 0) is 6.54 Å². The normalized spacial score (nSPS) is 11.3. The summed E-state index contributed by atoms with van der Waals surface area (Å²) in [6, 6.07) is 4.07. The molecule has 0 aliphatic rings. The maximum Gasteiger partial charge on any atom is 0.137 e. The Bertz CT molecular complexity index is 533. The van der Waals surface area contributed by atoms with Crippen LogP contribution in [0.2, 0.25) is 0 Å². The van der Waals surface area contributed by atoms with Crippen LogP contribution in [0.1, 0.15) is 11.3 Å². The summed E-state index contributed by atoms with van der Waals surface area (Å²) in [5, 5.41) is 9.02. The van der Waals surface area contributed by atoms with E-state index in [1.807, 2.05) is 22.7 Å². The van der Waals surface area contributed by atoms with Gasteiger partial charge in [0.25, 0.3) is 0 Å². The highest BCUT2D eigenvalue weighted by molar-refractivity contribution is 5.41. The smallest absolute Gasteiger partial charge is 0.137 e. The van der Waals surface area contributed by atoms with E-state index in [1.165, 1.54) is 5.56 Å². The van der Waals surface area contributed by atoms with Crippen LogP contribution in [0, 0.1) is 6.92 Å². The van der Waals surface area contributed by atoms with Gasteiger partial charge in [-0.3, -0.25) is 4.90 Å². The summed E-state index contributed by atoms with van der Waals surface area (Å²) in [4.78, 5) is 6.68. The highest BCUT2D eigenvalue weighted by Gasteiger charge is 2.07. The molecule has 0 atom stereocenters. The molecule has 2 heterocycles. The minimum atomic E-state index is 0.153. The van der Waals surface area contributed by atoms with Gasteiger partial charge in [-0.2, -0.15) is 0 Å². The number of hydrogen-bond donors (Lipinski definition) is 1. The number of fused-ring (bicyclic) bond motifs is 1. The van der Waals surface area contributed by atoms with Gasteiger partial charge in [-0.1, -0.05) is 12.1 Å². The van der Waals surface area contributed by atoms with Crippen molar-refractivity contribution < 1.29 is 5.11 Å². The summed E-state index contributed by atoms with van der Waals surface area (Å²) in [5.74, 6) is 0. The predicted molar refractivity (Wildman–Crippen MR) is 72.5 cm³/mol. The Morgan fingerprint density at radius 2 is 2.28 bits per heavy atom. The van der Waals surface area contributed by atoms with Crippen LogP contribution in [0.25, 0.3) is 5.65 Å². The van der Waals surface area contributed by atoms with Crippen molar-refractivity contribution in [1.82, 2.24) is 14.3 Å². The van der Waals surface area contributed by atoms with E-state index in [4.69, 9.17) is 5.11 Å². The second-order valence-corrected chi connectivity index (χ2v) is 4.45. The monoisotopic (exact) mass is 245 g/mol. The zero-order valence-electron chi connectivity index (χ0n) is 10.7. The van der Waals surface area contributed by atoms with Crippen LogP contribution in [0.15, 0.2) is 37.2 Å². The molecule has 96 valence electrons. The van der Waals surface area contributed by atoms with Gasteiger partial charge in [0.15, 0.2) is 0 Å². The average Bonchev–Trinajstić information content (AvgIpc) is 2.71. The topological polar surface area (TPSA) is 40.8 Å². The molecular formula is C14H19N3O. The molecule has 0 saturated heterocycles. The van der Waals surface area contributed by atoms with E-state index < -0.39 is 0 Å². The summed E-state index contributed by atoms with van der Waals surface area (Å²) in [6.07, 6.45) is 5.95. The number of aliphatic hydroxyl groups excluding tert-OH is 1. The molecule has 2 aromatic rings. The largest absolute Gasteiger partial charge is 0.395 e. The van der Waals surface area contributed by atoms with Crippen molar-refractivity contribution in [3.63, 3.8) is 0 Å². The molecule has 0 aliphatic carbocycles. The number of aromatic nitrogens is 2. The van der Waals surface area contributed by atoms with E-state index in [1.54, 1.807) is 0 Å². The van der Waals surface area contributed by atoms with Gasteiger partial charge in [-0.25, -0.2) is 4.98 Å². The summed E-state index contributed by atoms with van der Waals surface area (Å²) < 4.78 is 2.04. The van der Waals surface area contributed by atoms with Crippen molar-refractivity contribution in [3.8, 4) is 0 Å². The first kappa shape index (κ1) is 12.8. The van der Waals surface area contributed by atoms with Gasteiger partial charge in [0.2, 0.25) is 0 Å². The number of imidazole rings is 1. The molecule has 0 aliphatic heterocycles. The van der Waals surface area contributed by atoms with Gasteiger partial charge in [0.1, 0.15) is 5.65 Å². The quantitative estimate of drug-likeness (QED) is 0.786. The molecule has 0 saturated carbocycles. The molecule has 2 rings (SSSR count). The van der Waals surface area contributed by atoms with Crippen molar-refractivity contribution in [1.29, 1.82) is 0 Å². The maximum atomic E-state index is 9.02. The third-order valence-corrected chi connectivity index (χ3v) is 2.84. The van der Waals surface area contributed by atoms with Gasteiger partial charge in [0, 0.05) is 32.0 Å². The van der Waals surface area contributed by atoms with E-state index in [2.05, 4.69) is 35.6 Å². The molecule has 0 fully saturated rings. The van der Waals surface area contributed by atoms with Gasteiger partial charge in [-0.15, -0.1) is 6.58 Å². The standard InChI is InChI=1S/C14H19N3O/c1-3-6-16(7-8-18)10-13-11-17-9-12(2)4-5-14(17)15-13/h3-5,9,11,18H,1,6-8,10H2,2H3. The maximum absolute atomic E-state index is 9.02. The fourth-order valence-electron chi connectivity index (χ4n) is 2.02. The second kappa shape index (κ2) is 5.80. The lowest BCUT2D eigenvalue weighted by atomic mass is 10.3. The van der Waals surface area contributed by atoms with Crippen LogP contribution >= 0.6 is 0 Å². The summed E-state index contributed by atoms with van der Waals surface area (Å²) in [6.45, 7) is 8.07. The van der Waals surface area contributed by atoms with Crippen LogP contribution < -0.4 is 0 Å². The molecule has 0 spiro atoms. The molecule has 0 radical (unpaired) electrons. The van der Waals surface area contributed by atoms with Crippen LogP contribution in [0.3, 0.4) is 0 Å². The summed E-state index contributed by atoms with van der Waals surface area (Å²) in [5.41, 5.74) is 3.18. The number of nitrogens with zero attached hydrogens (tertiary/aromatic N) is 3. The molecule has 4 nitrogen and oxygen atoms in total. The van der Waals surface area contributed by atoms with Crippen LogP contribution in [-0.4, -0.2) is 39.1 Å². The Hall–Kier alpha value is -1.65. The SMILES string of the molecule is C=CCN(CCO)Cc1cn2cc(C)ccc2n1. The fourth-order valence-corrected chi connectivity index (χ4v) is 2.02. The van der Waals surface area contributed by atoms with Crippen molar-refractivity contribution in [2.45, 2.75) is 13.5 Å². The van der Waals surface area contributed by atoms with Crippen molar-refractivity contribution >= 4 is 5.65 Å².